The highest BCUT2D eigenvalue weighted by atomic mass is 16.2. The molecule has 0 radical (unpaired) electrons. The van der Waals surface area contributed by atoms with Crippen LogP contribution in [0.2, 0.25) is 0 Å². The Morgan fingerprint density at radius 3 is 1.84 bits per heavy atom. The molecular weight excluding hydrogens is 396 g/mol. The lowest BCUT2D eigenvalue weighted by Crippen LogP contribution is -2.38. The summed E-state index contributed by atoms with van der Waals surface area (Å²) in [6, 6.07) is 15.7. The second-order valence-corrected chi connectivity index (χ2v) is 7.24. The average molecular weight is 439 g/mol. The van der Waals surface area contributed by atoms with E-state index in [9.17, 15) is 9.59 Å². The Morgan fingerprint density at radius 1 is 0.781 bits per heavy atom. The van der Waals surface area contributed by atoms with Crippen molar-refractivity contribution in [1.82, 2.24) is 9.13 Å². The van der Waals surface area contributed by atoms with E-state index in [2.05, 4.69) is 32.9 Å². The molecule has 0 unspecified atom stereocenters. The Morgan fingerprint density at radius 2 is 1.31 bits per heavy atom. The van der Waals surface area contributed by atoms with Gasteiger partial charge in [-0.05, 0) is 55.5 Å². The van der Waals surface area contributed by atoms with Crippen LogP contribution in [0.5, 0.6) is 0 Å². The van der Waals surface area contributed by atoms with Crippen molar-refractivity contribution >= 4 is 0 Å². The van der Waals surface area contributed by atoms with Crippen molar-refractivity contribution in [2.24, 2.45) is 7.05 Å². The Labute approximate surface area is 194 Å². The summed E-state index contributed by atoms with van der Waals surface area (Å²) >= 11 is 0. The van der Waals surface area contributed by atoms with E-state index in [1.54, 1.807) is 14.0 Å². The molecule has 0 aliphatic rings. The lowest BCUT2D eigenvalue weighted by atomic mass is 9.97. The van der Waals surface area contributed by atoms with Crippen LogP contribution >= 0.6 is 0 Å². The zero-order chi connectivity index (χ0) is 24.8. The fourth-order valence-corrected chi connectivity index (χ4v) is 3.09. The minimum atomic E-state index is -0.317. The van der Waals surface area contributed by atoms with E-state index in [-0.39, 0.29) is 11.2 Å². The monoisotopic (exact) mass is 438 g/mol. The minimum absolute atomic E-state index is 0.293. The molecule has 0 amide bonds. The average Bonchev–Trinajstić information content (AvgIpc) is 2.79. The van der Waals surface area contributed by atoms with Gasteiger partial charge in [-0.2, -0.15) is 0 Å². The first-order chi connectivity index (χ1) is 15.3. The van der Waals surface area contributed by atoms with Crippen molar-refractivity contribution in [3.63, 3.8) is 0 Å². The van der Waals surface area contributed by atoms with Gasteiger partial charge in [0.25, 0.3) is 5.56 Å². The highest BCUT2D eigenvalue weighted by Gasteiger charge is 2.13. The molecule has 1 aromatic heterocycles. The number of hydrogen-bond acceptors (Lipinski definition) is 2. The zero-order valence-electron chi connectivity index (χ0n) is 21.7. The Hall–Kier alpha value is -2.88. The molecule has 0 aliphatic heterocycles. The molecule has 0 aliphatic carbocycles. The molecule has 1 heterocycles. The first kappa shape index (κ1) is 29.1. The topological polar surface area (TPSA) is 44.0 Å². The lowest BCUT2D eigenvalue weighted by molar-refractivity contribution is 0.711. The molecule has 0 saturated heterocycles. The molecule has 2 aromatic carbocycles. The normalized spacial score (nSPS) is 9.44. The molecule has 0 N–H and O–H groups in total. The van der Waals surface area contributed by atoms with Crippen LogP contribution in [0.3, 0.4) is 0 Å². The van der Waals surface area contributed by atoms with E-state index in [0.717, 1.165) is 23.1 Å². The van der Waals surface area contributed by atoms with E-state index in [0.29, 0.717) is 11.4 Å². The van der Waals surface area contributed by atoms with Crippen molar-refractivity contribution in [2.45, 2.75) is 75.2 Å². The highest BCUT2D eigenvalue weighted by molar-refractivity contribution is 5.48. The molecule has 0 spiro atoms. The highest BCUT2D eigenvalue weighted by Crippen LogP contribution is 2.21. The SMILES string of the molecule is CC.CC.CCC.Cc1cc(C)c(-n2c(=O)cc(C)n(C)c2=O)cc1Cc1ccccc1. The van der Waals surface area contributed by atoms with Crippen LogP contribution in [0.4, 0.5) is 0 Å². The fraction of sp³-hybridized carbons (Fsp3) is 0.429. The zero-order valence-corrected chi connectivity index (χ0v) is 21.7. The third-order valence-electron chi connectivity index (χ3n) is 4.69. The lowest BCUT2D eigenvalue weighted by Gasteiger charge is -2.15. The van der Waals surface area contributed by atoms with Crippen LogP contribution in [-0.4, -0.2) is 9.13 Å². The van der Waals surface area contributed by atoms with Crippen LogP contribution < -0.4 is 11.2 Å². The molecule has 4 nitrogen and oxygen atoms in total. The van der Waals surface area contributed by atoms with Crippen LogP contribution in [0.1, 0.15) is 75.9 Å². The Balaban J connectivity index is 0.00000124. The predicted octanol–water partition coefficient (Wildman–Crippen LogP) is 6.52. The standard InChI is InChI=1S/C21H22N2O2.C3H8.2C2H6/c1-14-10-15(2)19(13-18(14)12-17-8-6-5-7-9-17)23-20(24)11-16(3)22(4)21(23)25;1-3-2;2*1-2/h5-11,13H,12H2,1-4H3;3H2,1-2H3;2*1-2H3. The molecule has 0 bridgehead atoms. The third kappa shape index (κ3) is 7.67. The number of aryl methyl sites for hydroxylation is 3. The third-order valence-corrected chi connectivity index (χ3v) is 4.69. The van der Waals surface area contributed by atoms with Gasteiger partial charge in [-0.15, -0.1) is 0 Å². The number of rotatable bonds is 3. The van der Waals surface area contributed by atoms with Gasteiger partial charge in [0, 0.05) is 18.8 Å². The smallest absolute Gasteiger partial charge is 0.301 e. The summed E-state index contributed by atoms with van der Waals surface area (Å²) in [5.74, 6) is 0. The van der Waals surface area contributed by atoms with Gasteiger partial charge in [-0.25, -0.2) is 9.36 Å². The van der Waals surface area contributed by atoms with Gasteiger partial charge in [-0.1, -0.05) is 84.4 Å². The van der Waals surface area contributed by atoms with Crippen molar-refractivity contribution in [1.29, 1.82) is 0 Å². The molecule has 3 rings (SSSR count). The van der Waals surface area contributed by atoms with E-state index in [1.807, 2.05) is 65.0 Å². The van der Waals surface area contributed by atoms with Crippen LogP contribution in [0.15, 0.2) is 58.1 Å². The molecular formula is C28H42N2O2. The summed E-state index contributed by atoms with van der Waals surface area (Å²) in [5, 5.41) is 0. The van der Waals surface area contributed by atoms with Gasteiger partial charge in [0.1, 0.15) is 0 Å². The van der Waals surface area contributed by atoms with Crippen molar-refractivity contribution < 1.29 is 0 Å². The summed E-state index contributed by atoms with van der Waals surface area (Å²) in [4.78, 5) is 25.1. The number of nitrogens with zero attached hydrogens (tertiary/aromatic N) is 2. The summed E-state index contributed by atoms with van der Waals surface area (Å²) in [5.41, 5.74) is 5.08. The second-order valence-electron chi connectivity index (χ2n) is 7.24. The van der Waals surface area contributed by atoms with Gasteiger partial charge >= 0.3 is 5.69 Å². The first-order valence-corrected chi connectivity index (χ1v) is 11.7. The fourth-order valence-electron chi connectivity index (χ4n) is 3.09. The molecule has 4 heteroatoms. The van der Waals surface area contributed by atoms with Crippen molar-refractivity contribution in [3.05, 3.63) is 97.3 Å². The first-order valence-electron chi connectivity index (χ1n) is 11.7. The number of benzene rings is 2. The molecule has 0 fully saturated rings. The van der Waals surface area contributed by atoms with Gasteiger partial charge in [0.15, 0.2) is 0 Å². The van der Waals surface area contributed by atoms with Gasteiger partial charge < -0.3 is 4.57 Å². The molecule has 176 valence electrons. The van der Waals surface area contributed by atoms with Gasteiger partial charge in [0.2, 0.25) is 0 Å². The Kier molecular flexibility index (Phi) is 13.7. The second kappa shape index (κ2) is 15.0. The van der Waals surface area contributed by atoms with Crippen molar-refractivity contribution in [3.8, 4) is 5.69 Å². The van der Waals surface area contributed by atoms with Crippen LogP contribution in [0, 0.1) is 20.8 Å². The quantitative estimate of drug-likeness (QED) is 0.467. The van der Waals surface area contributed by atoms with Gasteiger partial charge in [0.05, 0.1) is 5.69 Å². The van der Waals surface area contributed by atoms with E-state index < -0.39 is 0 Å². The summed E-state index contributed by atoms with van der Waals surface area (Å²) < 4.78 is 2.76. The maximum absolute atomic E-state index is 12.6. The maximum atomic E-state index is 12.6. The van der Waals surface area contributed by atoms with Crippen LogP contribution in [0.25, 0.3) is 5.69 Å². The summed E-state index contributed by atoms with van der Waals surface area (Å²) in [6.07, 6.45) is 2.01. The van der Waals surface area contributed by atoms with Gasteiger partial charge in [-0.3, -0.25) is 4.79 Å². The minimum Gasteiger partial charge on any atom is -0.301 e. The van der Waals surface area contributed by atoms with Crippen LogP contribution in [-0.2, 0) is 13.5 Å². The maximum Gasteiger partial charge on any atom is 0.335 e. The molecule has 0 saturated carbocycles. The molecule has 3 aromatic rings. The number of hydrogen-bond donors (Lipinski definition) is 0. The summed E-state index contributed by atoms with van der Waals surface area (Å²) in [6.45, 7) is 18.0. The number of aromatic nitrogens is 2. The Bertz CT molecular complexity index is 1060. The van der Waals surface area contributed by atoms with E-state index >= 15 is 0 Å². The molecule has 0 atom stereocenters. The van der Waals surface area contributed by atoms with E-state index in [4.69, 9.17) is 0 Å². The predicted molar refractivity (Wildman–Crippen MR) is 139 cm³/mol. The molecule has 32 heavy (non-hydrogen) atoms. The summed E-state index contributed by atoms with van der Waals surface area (Å²) in [7, 11) is 1.68. The largest absolute Gasteiger partial charge is 0.335 e. The van der Waals surface area contributed by atoms with Crippen molar-refractivity contribution in [2.75, 3.05) is 0 Å². The van der Waals surface area contributed by atoms with E-state index in [1.165, 1.54) is 27.2 Å².